The molecule has 0 fully saturated rings. The Morgan fingerprint density at radius 1 is 0.372 bits per heavy atom. The fraction of sp³-hybridized carbons (Fsp3) is 0. The molecule has 3 nitrogen and oxygen atoms in total. The van der Waals surface area contributed by atoms with E-state index in [4.69, 9.17) is 15.0 Å². The van der Waals surface area contributed by atoms with Crippen LogP contribution in [0.3, 0.4) is 0 Å². The van der Waals surface area contributed by atoms with Gasteiger partial charge in [0.2, 0.25) is 0 Å². The average molecular weight is 613 g/mol. The molecule has 0 aliphatic heterocycles. The van der Waals surface area contributed by atoms with E-state index in [2.05, 4.69) is 121 Å². The van der Waals surface area contributed by atoms with Crippen LogP contribution in [0.1, 0.15) is 0 Å². The minimum absolute atomic E-state index is 0.187. The molecule has 0 bridgehead atoms. The summed E-state index contributed by atoms with van der Waals surface area (Å²) in [4.78, 5) is 15.3. The standard InChI is InChI=1S/C39H23N3Se/c1-2-10-26(11-3-1)37-40-38(42-39(41-37)33-15-8-14-32-31-13-6-7-16-35(31)43-36(32)33)27-18-17-25-20-21-29-28-12-5-4-9-24(28)19-22-30(29)34(25)23-27/h1-23H. The van der Waals surface area contributed by atoms with Crippen LogP contribution in [0.5, 0.6) is 0 Å². The van der Waals surface area contributed by atoms with Crippen molar-refractivity contribution in [3.8, 4) is 34.2 Å². The Hall–Kier alpha value is -5.15. The van der Waals surface area contributed by atoms with E-state index in [1.165, 1.54) is 51.6 Å². The first-order chi connectivity index (χ1) is 21.3. The summed E-state index contributed by atoms with van der Waals surface area (Å²) in [5.74, 6) is 2.09. The van der Waals surface area contributed by atoms with E-state index in [1.807, 2.05) is 18.2 Å². The summed E-state index contributed by atoms with van der Waals surface area (Å²) in [7, 11) is 0. The van der Waals surface area contributed by atoms with Crippen molar-refractivity contribution >= 4 is 66.1 Å². The third kappa shape index (κ3) is 3.99. The van der Waals surface area contributed by atoms with Gasteiger partial charge in [0.05, 0.1) is 0 Å². The zero-order valence-corrected chi connectivity index (χ0v) is 24.7. The summed E-state index contributed by atoms with van der Waals surface area (Å²) < 4.78 is 2.74. The quantitative estimate of drug-likeness (QED) is 0.147. The fourth-order valence-corrected chi connectivity index (χ4v) is 8.76. The average Bonchev–Trinajstić information content (AvgIpc) is 3.47. The summed E-state index contributed by atoms with van der Waals surface area (Å²) in [6.07, 6.45) is 0. The molecule has 0 spiro atoms. The van der Waals surface area contributed by atoms with Gasteiger partial charge in [-0.2, -0.15) is 0 Å². The van der Waals surface area contributed by atoms with Crippen LogP contribution in [-0.4, -0.2) is 29.5 Å². The third-order valence-corrected chi connectivity index (χ3v) is 10.9. The number of nitrogens with zero attached hydrogens (tertiary/aromatic N) is 3. The molecule has 9 rings (SSSR count). The van der Waals surface area contributed by atoms with E-state index in [0.717, 1.165) is 22.5 Å². The van der Waals surface area contributed by atoms with Crippen LogP contribution in [0.4, 0.5) is 0 Å². The molecule has 9 aromatic rings. The van der Waals surface area contributed by atoms with Gasteiger partial charge in [0.1, 0.15) is 0 Å². The van der Waals surface area contributed by atoms with Crippen LogP contribution in [0.2, 0.25) is 0 Å². The van der Waals surface area contributed by atoms with Gasteiger partial charge in [0.15, 0.2) is 0 Å². The molecule has 200 valence electrons. The maximum absolute atomic E-state index is 5.16. The van der Waals surface area contributed by atoms with Gasteiger partial charge in [-0.05, 0) is 0 Å². The van der Waals surface area contributed by atoms with E-state index in [9.17, 15) is 0 Å². The van der Waals surface area contributed by atoms with Crippen molar-refractivity contribution in [2.24, 2.45) is 0 Å². The second kappa shape index (κ2) is 9.71. The van der Waals surface area contributed by atoms with Crippen molar-refractivity contribution in [1.82, 2.24) is 15.0 Å². The monoisotopic (exact) mass is 613 g/mol. The second-order valence-electron chi connectivity index (χ2n) is 10.8. The molecule has 0 radical (unpaired) electrons. The predicted octanol–water partition coefficient (Wildman–Crippen LogP) is 9.70. The molecule has 2 aromatic heterocycles. The molecule has 2 heterocycles. The molecule has 0 unspecified atom stereocenters. The van der Waals surface area contributed by atoms with Gasteiger partial charge in [-0.25, -0.2) is 0 Å². The third-order valence-electron chi connectivity index (χ3n) is 8.31. The van der Waals surface area contributed by atoms with Crippen LogP contribution in [-0.2, 0) is 0 Å². The molecular weight excluding hydrogens is 589 g/mol. The van der Waals surface area contributed by atoms with Crippen LogP contribution in [0.15, 0.2) is 140 Å². The Balaban J connectivity index is 1.30. The van der Waals surface area contributed by atoms with E-state index in [0.29, 0.717) is 11.6 Å². The van der Waals surface area contributed by atoms with Crippen molar-refractivity contribution in [2.75, 3.05) is 0 Å². The predicted molar refractivity (Wildman–Crippen MR) is 181 cm³/mol. The summed E-state index contributed by atoms with van der Waals surface area (Å²) in [5.41, 5.74) is 3.05. The SMILES string of the molecule is c1ccc(-c2nc(-c3ccc4ccc5c6ccccc6ccc5c4c3)nc(-c3cccc4c3[se]c3ccccc34)n2)cc1. The molecule has 43 heavy (non-hydrogen) atoms. The molecule has 0 atom stereocenters. The summed E-state index contributed by atoms with van der Waals surface area (Å²) >= 11 is 0.187. The Bertz CT molecular complexity index is 2510. The van der Waals surface area contributed by atoms with E-state index in [-0.39, 0.29) is 14.5 Å². The number of fused-ring (bicyclic) bond motifs is 8. The maximum atomic E-state index is 5.16. The zero-order chi connectivity index (χ0) is 28.3. The first-order valence-electron chi connectivity index (χ1n) is 14.4. The Morgan fingerprint density at radius 3 is 1.86 bits per heavy atom. The number of hydrogen-bond acceptors (Lipinski definition) is 3. The van der Waals surface area contributed by atoms with Crippen molar-refractivity contribution in [3.63, 3.8) is 0 Å². The molecule has 0 N–H and O–H groups in total. The number of benzene rings is 7. The molecule has 0 saturated heterocycles. The summed E-state index contributed by atoms with van der Waals surface area (Å²) in [6.45, 7) is 0. The van der Waals surface area contributed by atoms with Crippen molar-refractivity contribution in [1.29, 1.82) is 0 Å². The summed E-state index contributed by atoms with van der Waals surface area (Å²) in [5, 5.41) is 10.0. The van der Waals surface area contributed by atoms with Crippen molar-refractivity contribution < 1.29 is 0 Å². The molecular formula is C39H23N3Se. The van der Waals surface area contributed by atoms with E-state index >= 15 is 0 Å². The van der Waals surface area contributed by atoms with Gasteiger partial charge in [-0.15, -0.1) is 0 Å². The Kier molecular flexibility index (Phi) is 5.52. The fourth-order valence-electron chi connectivity index (χ4n) is 6.22. The van der Waals surface area contributed by atoms with Gasteiger partial charge in [-0.1, -0.05) is 18.2 Å². The number of rotatable bonds is 3. The van der Waals surface area contributed by atoms with Crippen LogP contribution in [0.25, 0.3) is 85.8 Å². The van der Waals surface area contributed by atoms with Gasteiger partial charge >= 0.3 is 237 Å². The Labute approximate surface area is 253 Å². The first-order valence-corrected chi connectivity index (χ1v) is 16.1. The van der Waals surface area contributed by atoms with Crippen LogP contribution < -0.4 is 0 Å². The van der Waals surface area contributed by atoms with Crippen LogP contribution in [0, 0.1) is 0 Å². The molecule has 4 heteroatoms. The number of hydrogen-bond donors (Lipinski definition) is 0. The van der Waals surface area contributed by atoms with Gasteiger partial charge in [0, 0.05) is 0 Å². The second-order valence-corrected chi connectivity index (χ2v) is 13.0. The molecule has 0 aliphatic carbocycles. The van der Waals surface area contributed by atoms with E-state index < -0.39 is 0 Å². The van der Waals surface area contributed by atoms with Gasteiger partial charge in [0.25, 0.3) is 0 Å². The molecule has 0 saturated carbocycles. The molecule has 0 aliphatic rings. The molecule has 0 amide bonds. The van der Waals surface area contributed by atoms with Crippen molar-refractivity contribution in [2.45, 2.75) is 0 Å². The molecule has 7 aromatic carbocycles. The Morgan fingerprint density at radius 2 is 1.00 bits per heavy atom. The minimum atomic E-state index is 0.187. The van der Waals surface area contributed by atoms with Crippen LogP contribution >= 0.6 is 0 Å². The van der Waals surface area contributed by atoms with Gasteiger partial charge in [-0.3, -0.25) is 0 Å². The number of aromatic nitrogens is 3. The normalized spacial score (nSPS) is 11.7. The topological polar surface area (TPSA) is 38.7 Å². The first kappa shape index (κ1) is 24.4. The van der Waals surface area contributed by atoms with Gasteiger partial charge < -0.3 is 0 Å². The summed E-state index contributed by atoms with van der Waals surface area (Å²) in [6, 6.07) is 49.5. The zero-order valence-electron chi connectivity index (χ0n) is 23.0. The van der Waals surface area contributed by atoms with E-state index in [1.54, 1.807) is 0 Å². The van der Waals surface area contributed by atoms with Crippen molar-refractivity contribution in [3.05, 3.63) is 140 Å².